The fraction of sp³-hybridized carbons (Fsp3) is 0.217. The monoisotopic (exact) mass is 369 g/mol. The molecule has 0 spiro atoms. The molecule has 28 heavy (non-hydrogen) atoms. The van der Waals surface area contributed by atoms with Crippen LogP contribution >= 0.6 is 0 Å². The maximum Gasteiger partial charge on any atom is 0.129 e. The third kappa shape index (κ3) is 3.20. The summed E-state index contributed by atoms with van der Waals surface area (Å²) in [6.07, 6.45) is 10.9. The van der Waals surface area contributed by atoms with Gasteiger partial charge in [0, 0.05) is 42.7 Å². The van der Waals surface area contributed by atoms with Crippen LogP contribution in [-0.4, -0.2) is 24.5 Å². The first-order valence-corrected chi connectivity index (χ1v) is 9.39. The number of rotatable bonds is 5. The van der Waals surface area contributed by atoms with E-state index in [0.717, 1.165) is 57.7 Å². The molecule has 0 aliphatic rings. The molecule has 0 atom stereocenters. The highest BCUT2D eigenvalue weighted by Crippen LogP contribution is 2.24. The Hall–Kier alpha value is -3.34. The van der Waals surface area contributed by atoms with Crippen LogP contribution in [0.2, 0.25) is 0 Å². The van der Waals surface area contributed by atoms with E-state index in [1.807, 2.05) is 19.1 Å². The Morgan fingerprint density at radius 1 is 1.07 bits per heavy atom. The summed E-state index contributed by atoms with van der Waals surface area (Å²) in [5.74, 6) is 1.86. The lowest BCUT2D eigenvalue weighted by Gasteiger charge is -2.06. The molecule has 1 aromatic carbocycles. The molecule has 5 nitrogen and oxygen atoms in total. The summed E-state index contributed by atoms with van der Waals surface area (Å²) in [6, 6.07) is 6.23. The van der Waals surface area contributed by atoms with Gasteiger partial charge < -0.3 is 4.57 Å². The van der Waals surface area contributed by atoms with Crippen molar-refractivity contribution in [2.45, 2.75) is 26.7 Å². The van der Waals surface area contributed by atoms with Gasteiger partial charge in [-0.2, -0.15) is 0 Å². The summed E-state index contributed by atoms with van der Waals surface area (Å²) in [4.78, 5) is 18.5. The third-order valence-electron chi connectivity index (χ3n) is 5.11. The lowest BCUT2D eigenvalue weighted by atomic mass is 10.1. The number of allylic oxidation sites excluding steroid dienone is 2. The molecular weight excluding hydrogens is 346 g/mol. The van der Waals surface area contributed by atoms with E-state index >= 15 is 0 Å². The SMILES string of the molecule is C=C/C=C\c1c(C)ccc2c1nc(CCc1nc(C)c3ccncc3n1)n2C. The van der Waals surface area contributed by atoms with Gasteiger partial charge in [0.25, 0.3) is 0 Å². The van der Waals surface area contributed by atoms with E-state index in [9.17, 15) is 0 Å². The molecule has 0 bridgehead atoms. The fourth-order valence-corrected chi connectivity index (χ4v) is 3.56. The van der Waals surface area contributed by atoms with Crippen LogP contribution in [0.4, 0.5) is 0 Å². The van der Waals surface area contributed by atoms with Gasteiger partial charge in [-0.25, -0.2) is 15.0 Å². The van der Waals surface area contributed by atoms with Crippen molar-refractivity contribution in [1.29, 1.82) is 0 Å². The van der Waals surface area contributed by atoms with Crippen molar-refractivity contribution in [2.75, 3.05) is 0 Å². The van der Waals surface area contributed by atoms with Crippen molar-refractivity contribution in [3.05, 3.63) is 77.8 Å². The number of aryl methyl sites for hydroxylation is 5. The van der Waals surface area contributed by atoms with E-state index in [1.54, 1.807) is 18.5 Å². The quantitative estimate of drug-likeness (QED) is 0.486. The molecule has 0 fully saturated rings. The van der Waals surface area contributed by atoms with Crippen molar-refractivity contribution in [3.8, 4) is 0 Å². The van der Waals surface area contributed by atoms with Gasteiger partial charge >= 0.3 is 0 Å². The van der Waals surface area contributed by atoms with Gasteiger partial charge in [0.1, 0.15) is 11.6 Å². The molecule has 5 heteroatoms. The normalized spacial score (nSPS) is 11.7. The first kappa shape index (κ1) is 18.0. The molecule has 0 aliphatic heterocycles. The van der Waals surface area contributed by atoms with Crippen molar-refractivity contribution in [2.24, 2.45) is 7.05 Å². The number of pyridine rings is 1. The minimum atomic E-state index is 0.736. The average molecular weight is 369 g/mol. The summed E-state index contributed by atoms with van der Waals surface area (Å²) in [7, 11) is 2.07. The van der Waals surface area contributed by atoms with Crippen molar-refractivity contribution in [3.63, 3.8) is 0 Å². The largest absolute Gasteiger partial charge is 0.331 e. The molecule has 4 aromatic rings. The lowest BCUT2D eigenvalue weighted by molar-refractivity contribution is 0.760. The number of nitrogens with zero attached hydrogens (tertiary/aromatic N) is 5. The second-order valence-corrected chi connectivity index (χ2v) is 6.96. The highest BCUT2D eigenvalue weighted by molar-refractivity contribution is 5.87. The van der Waals surface area contributed by atoms with Gasteiger partial charge in [-0.3, -0.25) is 4.98 Å². The fourth-order valence-electron chi connectivity index (χ4n) is 3.56. The zero-order chi connectivity index (χ0) is 19.7. The van der Waals surface area contributed by atoms with Crippen LogP contribution in [0.25, 0.3) is 28.0 Å². The predicted octanol–water partition coefficient (Wildman–Crippen LogP) is 4.51. The smallest absolute Gasteiger partial charge is 0.129 e. The predicted molar refractivity (Wildman–Crippen MR) is 114 cm³/mol. The third-order valence-corrected chi connectivity index (χ3v) is 5.11. The van der Waals surface area contributed by atoms with Gasteiger partial charge in [0.2, 0.25) is 0 Å². The van der Waals surface area contributed by atoms with E-state index in [-0.39, 0.29) is 0 Å². The second kappa shape index (κ2) is 7.35. The van der Waals surface area contributed by atoms with Crippen LogP contribution < -0.4 is 0 Å². The standard InChI is InChI=1S/C23H23N5/c1-5-6-7-17-15(2)8-9-20-23(17)27-22(28(20)4)11-10-21-25-16(3)18-12-13-24-14-19(18)26-21/h5-9,12-14H,1,10-11H2,2-4H3/b7-6-. The van der Waals surface area contributed by atoms with Crippen molar-refractivity contribution < 1.29 is 0 Å². The number of aromatic nitrogens is 5. The summed E-state index contributed by atoms with van der Waals surface area (Å²) in [6.45, 7) is 7.89. The van der Waals surface area contributed by atoms with Crippen LogP contribution in [0, 0.1) is 13.8 Å². The Kier molecular flexibility index (Phi) is 4.74. The van der Waals surface area contributed by atoms with Gasteiger partial charge in [-0.15, -0.1) is 0 Å². The number of benzene rings is 1. The Bertz CT molecular complexity index is 1220. The summed E-state index contributed by atoms with van der Waals surface area (Å²) < 4.78 is 2.16. The van der Waals surface area contributed by atoms with E-state index in [0.29, 0.717) is 0 Å². The van der Waals surface area contributed by atoms with Crippen molar-refractivity contribution >= 4 is 28.0 Å². The molecule has 140 valence electrons. The van der Waals surface area contributed by atoms with Gasteiger partial charge in [-0.1, -0.05) is 30.9 Å². The molecule has 0 aliphatic carbocycles. The summed E-state index contributed by atoms with van der Waals surface area (Å²) in [5, 5.41) is 1.05. The Morgan fingerprint density at radius 3 is 2.75 bits per heavy atom. The molecule has 0 radical (unpaired) electrons. The molecule has 0 saturated heterocycles. The molecule has 3 aromatic heterocycles. The Labute approximate surface area is 164 Å². The minimum absolute atomic E-state index is 0.736. The number of fused-ring (bicyclic) bond motifs is 2. The average Bonchev–Trinajstić information content (AvgIpc) is 3.01. The van der Waals surface area contributed by atoms with E-state index in [1.165, 1.54) is 5.56 Å². The maximum absolute atomic E-state index is 4.94. The van der Waals surface area contributed by atoms with Crippen molar-refractivity contribution in [1.82, 2.24) is 24.5 Å². The van der Waals surface area contributed by atoms with Gasteiger partial charge in [0.05, 0.1) is 22.7 Å². The molecule has 4 rings (SSSR count). The minimum Gasteiger partial charge on any atom is -0.331 e. The van der Waals surface area contributed by atoms with Crippen LogP contribution in [-0.2, 0) is 19.9 Å². The topological polar surface area (TPSA) is 56.5 Å². The van der Waals surface area contributed by atoms with E-state index in [2.05, 4.69) is 58.3 Å². The molecule has 0 N–H and O–H groups in total. The highest BCUT2D eigenvalue weighted by atomic mass is 15.1. The highest BCUT2D eigenvalue weighted by Gasteiger charge is 2.13. The van der Waals surface area contributed by atoms with E-state index in [4.69, 9.17) is 4.98 Å². The lowest BCUT2D eigenvalue weighted by Crippen LogP contribution is -2.04. The molecular formula is C23H23N5. The van der Waals surface area contributed by atoms with Crippen LogP contribution in [0.5, 0.6) is 0 Å². The maximum atomic E-state index is 4.94. The Morgan fingerprint density at radius 2 is 1.93 bits per heavy atom. The molecule has 0 unspecified atom stereocenters. The van der Waals surface area contributed by atoms with Crippen LogP contribution in [0.15, 0.2) is 49.3 Å². The first-order chi connectivity index (χ1) is 13.6. The van der Waals surface area contributed by atoms with E-state index < -0.39 is 0 Å². The van der Waals surface area contributed by atoms with Gasteiger partial charge in [0.15, 0.2) is 0 Å². The zero-order valence-corrected chi connectivity index (χ0v) is 16.5. The molecule has 0 saturated carbocycles. The first-order valence-electron chi connectivity index (χ1n) is 9.39. The van der Waals surface area contributed by atoms with Crippen LogP contribution in [0.1, 0.15) is 28.5 Å². The molecule has 0 amide bonds. The number of hydrogen-bond donors (Lipinski definition) is 0. The second-order valence-electron chi connectivity index (χ2n) is 6.96. The number of imidazole rings is 1. The number of hydrogen-bond acceptors (Lipinski definition) is 4. The Balaban J connectivity index is 1.68. The zero-order valence-electron chi connectivity index (χ0n) is 16.5. The van der Waals surface area contributed by atoms with Crippen LogP contribution in [0.3, 0.4) is 0 Å². The van der Waals surface area contributed by atoms with Gasteiger partial charge in [-0.05, 0) is 31.5 Å². The summed E-state index contributed by atoms with van der Waals surface area (Å²) in [5.41, 5.74) is 6.38. The molecule has 3 heterocycles. The summed E-state index contributed by atoms with van der Waals surface area (Å²) >= 11 is 0.